The van der Waals surface area contributed by atoms with Crippen LogP contribution < -0.4 is 0 Å². The average Bonchev–Trinajstić information content (AvgIpc) is 3.22. The monoisotopic (exact) mass is 341 g/mol. The fourth-order valence-electron chi connectivity index (χ4n) is 4.27. The van der Waals surface area contributed by atoms with E-state index in [0.29, 0.717) is 19.0 Å². The van der Waals surface area contributed by atoms with Gasteiger partial charge in [0.25, 0.3) is 0 Å². The lowest BCUT2D eigenvalue weighted by atomic mass is 9.77. The summed E-state index contributed by atoms with van der Waals surface area (Å²) >= 11 is 0. The molecular formula is C20H23NO4. The molecule has 3 aliphatic heterocycles. The second kappa shape index (κ2) is 5.99. The highest BCUT2D eigenvalue weighted by Crippen LogP contribution is 2.52. The second-order valence-electron chi connectivity index (χ2n) is 7.61. The number of hydrogen-bond acceptors (Lipinski definition) is 4. The number of rotatable bonds is 5. The average molecular weight is 341 g/mol. The number of ether oxygens (including phenoxy) is 2. The van der Waals surface area contributed by atoms with Gasteiger partial charge in [0.15, 0.2) is 0 Å². The summed E-state index contributed by atoms with van der Waals surface area (Å²) in [7, 11) is 0. The van der Waals surface area contributed by atoms with Crippen molar-refractivity contribution in [3.63, 3.8) is 0 Å². The molecule has 1 spiro atoms. The van der Waals surface area contributed by atoms with Crippen LogP contribution in [0.1, 0.15) is 19.4 Å². The fourth-order valence-corrected chi connectivity index (χ4v) is 4.27. The Morgan fingerprint density at radius 1 is 1.36 bits per heavy atom. The Labute approximate surface area is 147 Å². The predicted molar refractivity (Wildman–Crippen MR) is 91.4 cm³/mol. The lowest BCUT2D eigenvalue weighted by Crippen LogP contribution is -2.40. The van der Waals surface area contributed by atoms with E-state index in [9.17, 15) is 9.59 Å². The van der Waals surface area contributed by atoms with Gasteiger partial charge in [-0.25, -0.2) is 0 Å². The van der Waals surface area contributed by atoms with Gasteiger partial charge in [-0.1, -0.05) is 56.3 Å². The van der Waals surface area contributed by atoms with Gasteiger partial charge < -0.3 is 14.4 Å². The fraction of sp³-hybridized carbons (Fsp3) is 0.500. The number of amides is 1. The number of nitrogens with zero attached hydrogens (tertiary/aromatic N) is 1. The largest absolute Gasteiger partial charge is 0.460 e. The van der Waals surface area contributed by atoms with E-state index in [1.807, 2.05) is 47.4 Å². The quantitative estimate of drug-likeness (QED) is 0.608. The normalized spacial score (nSPS) is 32.5. The van der Waals surface area contributed by atoms with Crippen molar-refractivity contribution < 1.29 is 19.1 Å². The number of hydrogen-bond donors (Lipinski definition) is 0. The van der Waals surface area contributed by atoms with E-state index < -0.39 is 17.4 Å². The van der Waals surface area contributed by atoms with Gasteiger partial charge in [-0.05, 0) is 11.5 Å². The molecule has 4 atom stereocenters. The second-order valence-corrected chi connectivity index (χ2v) is 7.61. The first-order valence-electron chi connectivity index (χ1n) is 8.87. The minimum absolute atomic E-state index is 0.0159. The Morgan fingerprint density at radius 2 is 2.12 bits per heavy atom. The Kier molecular flexibility index (Phi) is 3.91. The number of fused-ring (bicyclic) bond motifs is 1. The molecule has 0 unspecified atom stereocenters. The van der Waals surface area contributed by atoms with Crippen LogP contribution in [0.15, 0.2) is 42.5 Å². The van der Waals surface area contributed by atoms with Gasteiger partial charge in [0.2, 0.25) is 5.91 Å². The van der Waals surface area contributed by atoms with E-state index in [1.165, 1.54) is 0 Å². The molecule has 0 radical (unpaired) electrons. The van der Waals surface area contributed by atoms with Crippen LogP contribution >= 0.6 is 0 Å². The molecule has 1 aromatic rings. The molecule has 25 heavy (non-hydrogen) atoms. The minimum atomic E-state index is -0.646. The Hall–Kier alpha value is -2.14. The molecule has 2 bridgehead atoms. The zero-order valence-electron chi connectivity index (χ0n) is 14.6. The van der Waals surface area contributed by atoms with Gasteiger partial charge in [-0.15, -0.1) is 0 Å². The molecule has 4 rings (SSSR count). The molecular weight excluding hydrogens is 318 g/mol. The van der Waals surface area contributed by atoms with Gasteiger partial charge in [-0.2, -0.15) is 0 Å². The lowest BCUT2D eigenvalue weighted by Gasteiger charge is -2.23. The molecule has 3 heterocycles. The molecule has 3 aliphatic rings. The molecule has 0 saturated carbocycles. The molecule has 0 N–H and O–H groups in total. The first-order chi connectivity index (χ1) is 12.0. The smallest absolute Gasteiger partial charge is 0.313 e. The predicted octanol–water partition coefficient (Wildman–Crippen LogP) is 2.17. The van der Waals surface area contributed by atoms with E-state index in [-0.39, 0.29) is 24.6 Å². The summed E-state index contributed by atoms with van der Waals surface area (Å²) < 4.78 is 11.6. The van der Waals surface area contributed by atoms with Gasteiger partial charge in [-0.3, -0.25) is 9.59 Å². The summed E-state index contributed by atoms with van der Waals surface area (Å²) in [5, 5.41) is 0. The number of carbonyl (C=O) groups excluding carboxylic acids is 2. The third-order valence-corrected chi connectivity index (χ3v) is 5.26. The van der Waals surface area contributed by atoms with Crippen LogP contribution in [0, 0.1) is 17.8 Å². The standard InChI is InChI=1S/C20H23NO4/c1-13(2)10-21-12-20-9-8-15(25-20)16(17(20)18(21)22)19(23)24-11-14-6-4-3-5-7-14/h3-9,13,15-17H,10-12H2,1-2H3/t15-,16-,17-,20-/m1/s1. The van der Waals surface area contributed by atoms with Crippen molar-refractivity contribution in [2.24, 2.45) is 17.8 Å². The summed E-state index contributed by atoms with van der Waals surface area (Å²) in [6.07, 6.45) is 3.54. The molecule has 2 fully saturated rings. The highest BCUT2D eigenvalue weighted by atomic mass is 16.6. The number of likely N-dealkylation sites (tertiary alicyclic amines) is 1. The number of esters is 1. The maximum Gasteiger partial charge on any atom is 0.313 e. The van der Waals surface area contributed by atoms with Crippen molar-refractivity contribution in [1.29, 1.82) is 0 Å². The highest BCUT2D eigenvalue weighted by Gasteiger charge is 2.67. The molecule has 1 amide bonds. The van der Waals surface area contributed by atoms with E-state index in [1.54, 1.807) is 0 Å². The minimum Gasteiger partial charge on any atom is -0.460 e. The molecule has 2 saturated heterocycles. The maximum atomic E-state index is 12.9. The highest BCUT2D eigenvalue weighted by molar-refractivity contribution is 5.91. The zero-order chi connectivity index (χ0) is 17.6. The molecule has 132 valence electrons. The molecule has 5 heteroatoms. The van der Waals surface area contributed by atoms with Crippen LogP contribution in [0.2, 0.25) is 0 Å². The van der Waals surface area contributed by atoms with Crippen molar-refractivity contribution in [2.75, 3.05) is 13.1 Å². The van der Waals surface area contributed by atoms with Crippen LogP contribution in [0.4, 0.5) is 0 Å². The first kappa shape index (κ1) is 16.3. The topological polar surface area (TPSA) is 55.8 Å². The third-order valence-electron chi connectivity index (χ3n) is 5.26. The number of carbonyl (C=O) groups is 2. The maximum absolute atomic E-state index is 12.9. The van der Waals surface area contributed by atoms with E-state index in [2.05, 4.69) is 13.8 Å². The van der Waals surface area contributed by atoms with Crippen molar-refractivity contribution in [1.82, 2.24) is 4.90 Å². The third kappa shape index (κ3) is 2.67. The van der Waals surface area contributed by atoms with E-state index >= 15 is 0 Å². The van der Waals surface area contributed by atoms with Crippen LogP contribution in [0.25, 0.3) is 0 Å². The van der Waals surface area contributed by atoms with Crippen molar-refractivity contribution in [3.05, 3.63) is 48.0 Å². The van der Waals surface area contributed by atoms with Gasteiger partial charge >= 0.3 is 5.97 Å². The van der Waals surface area contributed by atoms with Gasteiger partial charge in [0.05, 0.1) is 18.6 Å². The number of benzene rings is 1. The summed E-state index contributed by atoms with van der Waals surface area (Å²) in [4.78, 5) is 27.4. The van der Waals surface area contributed by atoms with Crippen molar-refractivity contribution in [3.8, 4) is 0 Å². The van der Waals surface area contributed by atoms with Crippen LogP contribution in [-0.2, 0) is 25.7 Å². The molecule has 1 aromatic carbocycles. The zero-order valence-corrected chi connectivity index (χ0v) is 14.6. The molecule has 0 aromatic heterocycles. The summed E-state index contributed by atoms with van der Waals surface area (Å²) in [5.41, 5.74) is 0.289. The van der Waals surface area contributed by atoms with Gasteiger partial charge in [0.1, 0.15) is 18.1 Å². The lowest BCUT2D eigenvalue weighted by molar-refractivity contribution is -0.155. The molecule has 5 nitrogen and oxygen atoms in total. The van der Waals surface area contributed by atoms with E-state index in [4.69, 9.17) is 9.47 Å². The Balaban J connectivity index is 1.50. The van der Waals surface area contributed by atoms with Gasteiger partial charge in [0, 0.05) is 6.54 Å². The van der Waals surface area contributed by atoms with E-state index in [0.717, 1.165) is 5.56 Å². The Morgan fingerprint density at radius 3 is 2.84 bits per heavy atom. The molecule has 0 aliphatic carbocycles. The van der Waals surface area contributed by atoms with Crippen LogP contribution in [-0.4, -0.2) is 41.6 Å². The summed E-state index contributed by atoms with van der Waals surface area (Å²) in [5.74, 6) is -0.946. The van der Waals surface area contributed by atoms with Crippen LogP contribution in [0.5, 0.6) is 0 Å². The summed E-state index contributed by atoms with van der Waals surface area (Å²) in [6.45, 7) is 5.60. The first-order valence-corrected chi connectivity index (χ1v) is 8.87. The summed E-state index contributed by atoms with van der Waals surface area (Å²) in [6, 6.07) is 9.57. The SMILES string of the molecule is CC(C)CN1C[C@@]23C=C[C@@H](O2)[C@@H](C(=O)OCc2ccccc2)[C@@H]3C1=O. The van der Waals surface area contributed by atoms with Crippen LogP contribution in [0.3, 0.4) is 0 Å². The van der Waals surface area contributed by atoms with Crippen molar-refractivity contribution >= 4 is 11.9 Å². The Bertz CT molecular complexity index is 714. The van der Waals surface area contributed by atoms with Crippen molar-refractivity contribution in [2.45, 2.75) is 32.2 Å².